The fraction of sp³-hybridized carbons (Fsp3) is 0.395. The number of benzene rings is 3. The second-order valence-corrected chi connectivity index (χ2v) is 13.0. The van der Waals surface area contributed by atoms with E-state index in [0.29, 0.717) is 41.8 Å². The fourth-order valence-electron chi connectivity index (χ4n) is 7.06. The second-order valence-electron chi connectivity index (χ2n) is 13.0. The van der Waals surface area contributed by atoms with Crippen LogP contribution in [-0.4, -0.2) is 94.6 Å². The summed E-state index contributed by atoms with van der Waals surface area (Å²) in [6, 6.07) is 18.2. The number of nitrogens with zero attached hydrogens (tertiary/aromatic N) is 7. The topological polar surface area (TPSA) is 86.7 Å². The van der Waals surface area contributed by atoms with Gasteiger partial charge in [0.1, 0.15) is 23.1 Å². The van der Waals surface area contributed by atoms with Gasteiger partial charge in [-0.3, -0.25) is 4.90 Å². The number of aryl methyl sites for hydroxylation is 2. The summed E-state index contributed by atoms with van der Waals surface area (Å²) in [6.07, 6.45) is 2.40. The number of carbonyl (C=O) groups is 1. The predicted molar refractivity (Wildman–Crippen MR) is 193 cm³/mol. The largest absolute Gasteiger partial charge is 0.497 e. The van der Waals surface area contributed by atoms with Crippen LogP contribution in [0.3, 0.4) is 0 Å². The summed E-state index contributed by atoms with van der Waals surface area (Å²) in [5.41, 5.74) is 7.90. The molecule has 4 heterocycles. The van der Waals surface area contributed by atoms with Crippen molar-refractivity contribution in [1.82, 2.24) is 14.9 Å². The number of hydrogen-bond acceptors (Lipinski definition) is 9. The van der Waals surface area contributed by atoms with E-state index in [1.807, 2.05) is 55.3 Å². The van der Waals surface area contributed by atoms with Crippen molar-refractivity contribution >= 4 is 34.6 Å². The number of rotatable bonds is 8. The first kappa shape index (κ1) is 32.7. The highest BCUT2D eigenvalue weighted by Crippen LogP contribution is 2.42. The third kappa shape index (κ3) is 6.60. The highest BCUT2D eigenvalue weighted by atomic mass is 16.5. The summed E-state index contributed by atoms with van der Waals surface area (Å²) in [6.45, 7) is 11.6. The van der Waals surface area contributed by atoms with Gasteiger partial charge in [-0.05, 0) is 67.9 Å². The molecule has 2 saturated heterocycles. The van der Waals surface area contributed by atoms with E-state index in [1.54, 1.807) is 25.2 Å². The molecular weight excluding hydrogens is 618 g/mol. The Kier molecular flexibility index (Phi) is 9.29. The molecule has 3 aromatic carbocycles. The van der Waals surface area contributed by atoms with Crippen LogP contribution in [0, 0.1) is 13.8 Å². The molecule has 0 spiro atoms. The molecule has 2 amide bonds. The maximum atomic E-state index is 14.6. The molecule has 0 saturated carbocycles. The molecule has 2 fully saturated rings. The number of likely N-dealkylation sites (N-methyl/N-ethyl adjacent to an activating group) is 1. The monoisotopic (exact) mass is 663 g/mol. The van der Waals surface area contributed by atoms with E-state index in [0.717, 1.165) is 80.4 Å². The minimum Gasteiger partial charge on any atom is -0.497 e. The van der Waals surface area contributed by atoms with E-state index in [9.17, 15) is 4.79 Å². The normalized spacial score (nSPS) is 17.0. The van der Waals surface area contributed by atoms with Crippen LogP contribution in [0.25, 0.3) is 0 Å². The van der Waals surface area contributed by atoms with Crippen molar-refractivity contribution in [2.24, 2.45) is 0 Å². The fourth-order valence-corrected chi connectivity index (χ4v) is 7.06. The van der Waals surface area contributed by atoms with E-state index in [2.05, 4.69) is 39.9 Å². The van der Waals surface area contributed by atoms with Crippen molar-refractivity contribution in [2.45, 2.75) is 26.8 Å². The molecule has 7 rings (SSSR count). The Morgan fingerprint density at radius 1 is 0.837 bits per heavy atom. The zero-order valence-electron chi connectivity index (χ0n) is 29.1. The maximum absolute atomic E-state index is 14.6. The molecule has 3 aliphatic rings. The van der Waals surface area contributed by atoms with E-state index in [-0.39, 0.29) is 6.03 Å². The van der Waals surface area contributed by atoms with E-state index < -0.39 is 0 Å². The van der Waals surface area contributed by atoms with Crippen LogP contribution in [-0.2, 0) is 17.7 Å². The van der Waals surface area contributed by atoms with Crippen molar-refractivity contribution in [3.63, 3.8) is 0 Å². The van der Waals surface area contributed by atoms with Crippen LogP contribution < -0.4 is 29.1 Å². The lowest BCUT2D eigenvalue weighted by Crippen LogP contribution is -2.46. The van der Waals surface area contributed by atoms with Crippen LogP contribution in [0.5, 0.6) is 11.5 Å². The van der Waals surface area contributed by atoms with Crippen molar-refractivity contribution in [2.75, 3.05) is 93.3 Å². The number of urea groups is 1. The van der Waals surface area contributed by atoms with Crippen LogP contribution in [0.1, 0.15) is 28.1 Å². The van der Waals surface area contributed by atoms with Gasteiger partial charge in [-0.15, -0.1) is 0 Å². The van der Waals surface area contributed by atoms with Gasteiger partial charge in [0.15, 0.2) is 0 Å². The molecule has 0 N–H and O–H groups in total. The molecule has 0 unspecified atom stereocenters. The Morgan fingerprint density at radius 2 is 1.53 bits per heavy atom. The Balaban J connectivity index is 1.29. The van der Waals surface area contributed by atoms with Gasteiger partial charge < -0.3 is 28.9 Å². The Bertz CT molecular complexity index is 1820. The first-order valence-electron chi connectivity index (χ1n) is 17.0. The summed E-state index contributed by atoms with van der Waals surface area (Å²) in [5, 5.41) is 0. The highest BCUT2D eigenvalue weighted by molar-refractivity contribution is 6.11. The summed E-state index contributed by atoms with van der Waals surface area (Å²) < 4.78 is 17.0. The number of para-hydroxylation sites is 1. The van der Waals surface area contributed by atoms with E-state index in [4.69, 9.17) is 24.2 Å². The molecule has 1 aromatic heterocycles. The Morgan fingerprint density at radius 3 is 2.20 bits per heavy atom. The average Bonchev–Trinajstić information content (AvgIpc) is 3.12. The zero-order valence-corrected chi connectivity index (χ0v) is 29.1. The van der Waals surface area contributed by atoms with Gasteiger partial charge in [-0.1, -0.05) is 18.2 Å². The number of piperazine rings is 1. The van der Waals surface area contributed by atoms with Crippen molar-refractivity contribution < 1.29 is 19.0 Å². The number of morpholine rings is 1. The summed E-state index contributed by atoms with van der Waals surface area (Å²) in [5.74, 6) is 2.35. The molecule has 256 valence electrons. The first-order chi connectivity index (χ1) is 23.8. The lowest BCUT2D eigenvalue weighted by atomic mass is 10.1. The third-order valence-corrected chi connectivity index (χ3v) is 9.76. The molecule has 11 heteroatoms. The third-order valence-electron chi connectivity index (χ3n) is 9.76. The molecule has 4 aromatic rings. The van der Waals surface area contributed by atoms with Crippen molar-refractivity contribution in [3.05, 3.63) is 88.9 Å². The Labute approximate surface area is 288 Å². The zero-order chi connectivity index (χ0) is 34.1. The van der Waals surface area contributed by atoms with Crippen molar-refractivity contribution in [3.8, 4) is 11.5 Å². The SMILES string of the molecule is COc1ccc(N2C(=O)N(c3c(C)cccc3C)Cc3cnc(Cc4cc(N5CCOCC5)cc(N5CCN(C)CC5)c4)nc32)c(OC)c1. The standard InChI is InChI=1S/C38H45N7O4/c1-26-7-6-8-27(2)36(26)44-25-29-24-39-35(40-37(29)45(38(44)46)33-10-9-32(47-4)23-34(33)48-5)21-28-19-30(42-13-11-41(3)12-14-42)22-31(20-28)43-15-17-49-18-16-43/h6-10,19-20,22-24H,11-18,21,25H2,1-5H3. The number of methoxy groups -OCH3 is 2. The quantitative estimate of drug-likeness (QED) is 0.240. The number of hydrogen-bond donors (Lipinski definition) is 0. The van der Waals surface area contributed by atoms with Crippen LogP contribution in [0.4, 0.5) is 33.4 Å². The van der Waals surface area contributed by atoms with Gasteiger partial charge in [-0.2, -0.15) is 0 Å². The molecule has 49 heavy (non-hydrogen) atoms. The Hall–Kier alpha value is -4.87. The first-order valence-corrected chi connectivity index (χ1v) is 17.0. The summed E-state index contributed by atoms with van der Waals surface area (Å²) in [7, 11) is 5.39. The van der Waals surface area contributed by atoms with Gasteiger partial charge in [0.2, 0.25) is 0 Å². The van der Waals surface area contributed by atoms with Crippen LogP contribution >= 0.6 is 0 Å². The van der Waals surface area contributed by atoms with E-state index >= 15 is 0 Å². The lowest BCUT2D eigenvalue weighted by Gasteiger charge is -2.37. The summed E-state index contributed by atoms with van der Waals surface area (Å²) >= 11 is 0. The number of aromatic nitrogens is 2. The van der Waals surface area contributed by atoms with Crippen molar-refractivity contribution in [1.29, 1.82) is 0 Å². The number of amides is 2. The molecule has 0 atom stereocenters. The van der Waals surface area contributed by atoms with E-state index in [1.165, 1.54) is 11.4 Å². The smallest absolute Gasteiger partial charge is 0.335 e. The lowest BCUT2D eigenvalue weighted by molar-refractivity contribution is 0.122. The van der Waals surface area contributed by atoms with Gasteiger partial charge in [0, 0.05) is 74.9 Å². The predicted octanol–water partition coefficient (Wildman–Crippen LogP) is 5.57. The molecular formula is C38H45N7O4. The number of fused-ring (bicyclic) bond motifs is 1. The molecule has 0 bridgehead atoms. The van der Waals surface area contributed by atoms with Crippen LogP contribution in [0.15, 0.2) is 60.8 Å². The minimum absolute atomic E-state index is 0.204. The molecule has 11 nitrogen and oxygen atoms in total. The molecule has 0 aliphatic carbocycles. The van der Waals surface area contributed by atoms with Gasteiger partial charge in [-0.25, -0.2) is 19.7 Å². The maximum Gasteiger partial charge on any atom is 0.335 e. The second kappa shape index (κ2) is 13.9. The van der Waals surface area contributed by atoms with Gasteiger partial charge in [0.25, 0.3) is 0 Å². The highest BCUT2D eigenvalue weighted by Gasteiger charge is 2.37. The minimum atomic E-state index is -0.204. The van der Waals surface area contributed by atoms with Gasteiger partial charge in [0.05, 0.1) is 45.4 Å². The average molecular weight is 664 g/mol. The summed E-state index contributed by atoms with van der Waals surface area (Å²) in [4.78, 5) is 35.4. The molecule has 0 radical (unpaired) electrons. The van der Waals surface area contributed by atoms with Crippen LogP contribution in [0.2, 0.25) is 0 Å². The number of anilines is 5. The number of carbonyl (C=O) groups excluding carboxylic acids is 1. The van der Waals surface area contributed by atoms with Gasteiger partial charge >= 0.3 is 6.03 Å². The molecule has 3 aliphatic heterocycles. The number of ether oxygens (including phenoxy) is 3.